The number of aliphatic hydroxyl groups excluding tert-OH is 1. The highest BCUT2D eigenvalue weighted by atomic mass is 16.5. The molecule has 2 saturated heterocycles. The van der Waals surface area contributed by atoms with Gasteiger partial charge in [-0.1, -0.05) is 36.4 Å². The summed E-state index contributed by atoms with van der Waals surface area (Å²) in [6, 6.07) is 18.5. The van der Waals surface area contributed by atoms with E-state index in [4.69, 9.17) is 19.4 Å². The maximum absolute atomic E-state index is 12.7. The lowest BCUT2D eigenvalue weighted by atomic mass is 9.99. The van der Waals surface area contributed by atoms with E-state index in [9.17, 15) is 9.90 Å². The first-order valence-corrected chi connectivity index (χ1v) is 13.4. The number of morpholine rings is 2. The Labute approximate surface area is 227 Å². The van der Waals surface area contributed by atoms with Crippen LogP contribution in [0, 0.1) is 6.92 Å². The van der Waals surface area contributed by atoms with Crippen molar-refractivity contribution < 1.29 is 14.6 Å². The summed E-state index contributed by atoms with van der Waals surface area (Å²) >= 11 is 0. The Morgan fingerprint density at radius 1 is 1.05 bits per heavy atom. The van der Waals surface area contributed by atoms with E-state index in [0.29, 0.717) is 51.0 Å². The molecule has 6 rings (SSSR count). The first kappa shape index (κ1) is 25.5. The normalized spacial score (nSPS) is 20.0. The van der Waals surface area contributed by atoms with Crippen molar-refractivity contribution >= 4 is 22.7 Å². The van der Waals surface area contributed by atoms with Gasteiger partial charge in [-0.3, -0.25) is 4.79 Å². The summed E-state index contributed by atoms with van der Waals surface area (Å²) in [6.45, 7) is 5.34. The van der Waals surface area contributed by atoms with Crippen molar-refractivity contribution in [2.24, 2.45) is 7.05 Å². The van der Waals surface area contributed by atoms with E-state index in [0.717, 1.165) is 33.4 Å². The van der Waals surface area contributed by atoms with Gasteiger partial charge in [-0.05, 0) is 41.8 Å². The number of aromatic nitrogens is 3. The van der Waals surface area contributed by atoms with Crippen molar-refractivity contribution in [2.75, 3.05) is 55.9 Å². The molecule has 1 N–H and O–H groups in total. The highest BCUT2D eigenvalue weighted by Gasteiger charge is 2.30. The fourth-order valence-corrected chi connectivity index (χ4v) is 5.52. The molecule has 9 nitrogen and oxygen atoms in total. The van der Waals surface area contributed by atoms with Crippen LogP contribution < -0.4 is 15.4 Å². The molecule has 0 bridgehead atoms. The van der Waals surface area contributed by atoms with Crippen molar-refractivity contribution in [1.29, 1.82) is 0 Å². The molecular weight excluding hydrogens is 494 g/mol. The van der Waals surface area contributed by atoms with Gasteiger partial charge < -0.3 is 28.9 Å². The Bertz CT molecular complexity index is 1540. The average Bonchev–Trinajstić information content (AvgIpc) is 2.99. The zero-order chi connectivity index (χ0) is 26.9. The quantitative estimate of drug-likeness (QED) is 0.423. The van der Waals surface area contributed by atoms with Crippen LogP contribution in [0.4, 0.5) is 11.8 Å². The smallest absolute Gasteiger partial charge is 0.253 e. The Balaban J connectivity index is 1.52. The molecule has 0 radical (unpaired) electrons. The van der Waals surface area contributed by atoms with E-state index < -0.39 is 0 Å². The molecule has 202 valence electrons. The third-order valence-electron chi connectivity index (χ3n) is 7.69. The molecule has 0 spiro atoms. The standard InChI is InChI=1S/C30H33N5O4/c1-20-24(10-11-33(2)29(20)37)22-8-9-26-25(16-22)28(32-30(31-26)34-12-15-39-23(17-34)18-36)35-13-14-38-19-27(35)21-6-4-3-5-7-21/h3-11,16,23,27,36H,12-15,17-19H2,1-2H3/t23-,27+/m0/s1. The number of ether oxygens (including phenoxy) is 2. The van der Waals surface area contributed by atoms with E-state index in [1.165, 1.54) is 0 Å². The first-order chi connectivity index (χ1) is 19.0. The van der Waals surface area contributed by atoms with Gasteiger partial charge in [0.15, 0.2) is 0 Å². The average molecular weight is 528 g/mol. The summed E-state index contributed by atoms with van der Waals surface area (Å²) < 4.78 is 13.2. The van der Waals surface area contributed by atoms with E-state index in [1.54, 1.807) is 17.8 Å². The number of hydrogen-bond acceptors (Lipinski definition) is 8. The first-order valence-electron chi connectivity index (χ1n) is 13.4. The number of rotatable bonds is 5. The Morgan fingerprint density at radius 2 is 1.90 bits per heavy atom. The number of benzene rings is 2. The monoisotopic (exact) mass is 527 g/mol. The van der Waals surface area contributed by atoms with Gasteiger partial charge in [0.05, 0.1) is 44.1 Å². The molecular formula is C30H33N5O4. The van der Waals surface area contributed by atoms with E-state index >= 15 is 0 Å². The molecule has 4 aromatic rings. The van der Waals surface area contributed by atoms with Crippen LogP contribution in [0.25, 0.3) is 22.0 Å². The number of aryl methyl sites for hydroxylation is 1. The minimum absolute atomic E-state index is 0.00445. The minimum Gasteiger partial charge on any atom is -0.394 e. The van der Waals surface area contributed by atoms with Gasteiger partial charge in [-0.25, -0.2) is 4.98 Å². The van der Waals surface area contributed by atoms with Gasteiger partial charge in [0, 0.05) is 43.8 Å². The third kappa shape index (κ3) is 4.89. The molecule has 9 heteroatoms. The highest BCUT2D eigenvalue weighted by molar-refractivity contribution is 5.94. The molecule has 2 aromatic heterocycles. The predicted molar refractivity (Wildman–Crippen MR) is 151 cm³/mol. The second kappa shape index (κ2) is 10.8. The summed E-state index contributed by atoms with van der Waals surface area (Å²) in [6.07, 6.45) is 1.53. The molecule has 39 heavy (non-hydrogen) atoms. The van der Waals surface area contributed by atoms with Crippen molar-refractivity contribution in [3.05, 3.63) is 82.3 Å². The molecule has 2 aliphatic heterocycles. The molecule has 4 heterocycles. The van der Waals surface area contributed by atoms with Gasteiger partial charge in [0.25, 0.3) is 5.56 Å². The van der Waals surface area contributed by atoms with Crippen molar-refractivity contribution in [1.82, 2.24) is 14.5 Å². The van der Waals surface area contributed by atoms with Crippen LogP contribution in [0.2, 0.25) is 0 Å². The van der Waals surface area contributed by atoms with E-state index in [2.05, 4.69) is 28.0 Å². The lowest BCUT2D eigenvalue weighted by Crippen LogP contribution is -2.45. The second-order valence-electron chi connectivity index (χ2n) is 10.2. The van der Waals surface area contributed by atoms with Crippen LogP contribution in [0.15, 0.2) is 65.6 Å². The number of pyridine rings is 1. The predicted octanol–water partition coefficient (Wildman–Crippen LogP) is 3.08. The number of aliphatic hydroxyl groups is 1. The fourth-order valence-electron chi connectivity index (χ4n) is 5.52. The molecule has 2 fully saturated rings. The topological polar surface area (TPSA) is 92.9 Å². The third-order valence-corrected chi connectivity index (χ3v) is 7.69. The summed E-state index contributed by atoms with van der Waals surface area (Å²) in [5.41, 5.74) is 4.53. The van der Waals surface area contributed by atoms with Gasteiger partial charge in [0.2, 0.25) is 5.95 Å². The lowest BCUT2D eigenvalue weighted by molar-refractivity contribution is 0.00315. The maximum atomic E-state index is 12.7. The molecule has 0 aliphatic carbocycles. The number of fused-ring (bicyclic) bond motifs is 1. The van der Waals surface area contributed by atoms with Crippen LogP contribution in [-0.4, -0.2) is 71.8 Å². The highest BCUT2D eigenvalue weighted by Crippen LogP contribution is 2.36. The maximum Gasteiger partial charge on any atom is 0.253 e. The van der Waals surface area contributed by atoms with Gasteiger partial charge in [-0.2, -0.15) is 4.98 Å². The van der Waals surface area contributed by atoms with Crippen molar-refractivity contribution in [3.8, 4) is 11.1 Å². The van der Waals surface area contributed by atoms with Crippen LogP contribution >= 0.6 is 0 Å². The summed E-state index contributed by atoms with van der Waals surface area (Å²) in [4.78, 5) is 27.2. The van der Waals surface area contributed by atoms with Gasteiger partial charge >= 0.3 is 0 Å². The van der Waals surface area contributed by atoms with Crippen LogP contribution in [0.5, 0.6) is 0 Å². The Hall–Kier alpha value is -3.79. The lowest BCUT2D eigenvalue weighted by Gasteiger charge is -2.38. The van der Waals surface area contributed by atoms with Gasteiger partial charge in [0.1, 0.15) is 5.82 Å². The molecule has 2 aliphatic rings. The summed E-state index contributed by atoms with van der Waals surface area (Å²) in [5, 5.41) is 10.6. The Morgan fingerprint density at radius 3 is 2.72 bits per heavy atom. The van der Waals surface area contributed by atoms with Crippen molar-refractivity contribution in [3.63, 3.8) is 0 Å². The Kier molecular flexibility index (Phi) is 7.03. The number of anilines is 2. The number of nitrogens with zero attached hydrogens (tertiary/aromatic N) is 5. The van der Waals surface area contributed by atoms with Crippen LogP contribution in [-0.2, 0) is 16.5 Å². The van der Waals surface area contributed by atoms with E-state index in [1.807, 2.05) is 43.3 Å². The van der Waals surface area contributed by atoms with E-state index in [-0.39, 0.29) is 24.3 Å². The summed E-state index contributed by atoms with van der Waals surface area (Å²) in [5.74, 6) is 1.46. The molecule has 0 unspecified atom stereocenters. The van der Waals surface area contributed by atoms with Crippen molar-refractivity contribution in [2.45, 2.75) is 19.1 Å². The molecule has 2 atom stereocenters. The molecule has 2 aromatic carbocycles. The molecule has 0 saturated carbocycles. The van der Waals surface area contributed by atoms with Crippen LogP contribution in [0.3, 0.4) is 0 Å². The zero-order valence-electron chi connectivity index (χ0n) is 22.3. The number of hydrogen-bond donors (Lipinski definition) is 1. The second-order valence-corrected chi connectivity index (χ2v) is 10.2. The minimum atomic E-state index is -0.270. The molecule has 0 amide bonds. The summed E-state index contributed by atoms with van der Waals surface area (Å²) in [7, 11) is 1.77. The zero-order valence-corrected chi connectivity index (χ0v) is 22.3. The largest absolute Gasteiger partial charge is 0.394 e. The fraction of sp³-hybridized carbons (Fsp3) is 0.367. The van der Waals surface area contributed by atoms with Crippen LogP contribution in [0.1, 0.15) is 17.2 Å². The van der Waals surface area contributed by atoms with Gasteiger partial charge in [-0.15, -0.1) is 0 Å². The SMILES string of the molecule is Cc1c(-c2ccc3nc(N4CCO[C@H](CO)C4)nc(N4CCOC[C@@H]4c4ccccc4)c3c2)ccn(C)c1=O.